The molecule has 0 saturated carbocycles. The zero-order chi connectivity index (χ0) is 16.6. The molecule has 5 heteroatoms. The number of halogens is 2. The van der Waals surface area contributed by atoms with E-state index in [-0.39, 0.29) is 6.10 Å². The smallest absolute Gasteiger partial charge is 0.337 e. The van der Waals surface area contributed by atoms with Crippen LogP contribution in [0.1, 0.15) is 28.4 Å². The lowest BCUT2D eigenvalue weighted by molar-refractivity contribution is 0.0600. The lowest BCUT2D eigenvalue weighted by Crippen LogP contribution is -2.16. The maximum absolute atomic E-state index is 11.8. The molecule has 1 unspecified atom stereocenters. The molecule has 2 aromatic rings. The second-order valence-corrected chi connectivity index (χ2v) is 5.99. The largest absolute Gasteiger partial charge is 0.486 e. The number of ether oxygens (including phenoxy) is 2. The number of hydrogen-bond donors (Lipinski definition) is 0. The molecule has 1 aliphatic rings. The lowest BCUT2D eigenvalue weighted by Gasteiger charge is -2.24. The van der Waals surface area contributed by atoms with Crippen molar-refractivity contribution in [1.82, 2.24) is 0 Å². The SMILES string of the molecule is COC(=O)c1ccc2c(c1)C(c1cccc(Cl)c1Cl)=CC(C)O2. The van der Waals surface area contributed by atoms with E-state index in [9.17, 15) is 4.79 Å². The first-order valence-electron chi connectivity index (χ1n) is 7.07. The highest BCUT2D eigenvalue weighted by Gasteiger charge is 2.23. The van der Waals surface area contributed by atoms with Gasteiger partial charge in [0.25, 0.3) is 0 Å². The van der Waals surface area contributed by atoms with Crippen LogP contribution in [0.4, 0.5) is 0 Å². The molecule has 0 aliphatic carbocycles. The van der Waals surface area contributed by atoms with Gasteiger partial charge in [-0.25, -0.2) is 4.79 Å². The summed E-state index contributed by atoms with van der Waals surface area (Å²) in [5.41, 5.74) is 2.93. The summed E-state index contributed by atoms with van der Waals surface area (Å²) in [6, 6.07) is 10.7. The molecule has 0 bridgehead atoms. The first-order chi connectivity index (χ1) is 11.0. The summed E-state index contributed by atoms with van der Waals surface area (Å²) >= 11 is 12.5. The number of methoxy groups -OCH3 is 1. The summed E-state index contributed by atoms with van der Waals surface area (Å²) < 4.78 is 10.6. The second kappa shape index (κ2) is 6.26. The molecule has 0 saturated heterocycles. The fourth-order valence-electron chi connectivity index (χ4n) is 2.59. The van der Waals surface area contributed by atoms with Gasteiger partial charge in [0.15, 0.2) is 0 Å². The van der Waals surface area contributed by atoms with Crippen molar-refractivity contribution in [3.8, 4) is 5.75 Å². The highest BCUT2D eigenvalue weighted by Crippen LogP contribution is 2.40. The topological polar surface area (TPSA) is 35.5 Å². The van der Waals surface area contributed by atoms with Gasteiger partial charge in [-0.2, -0.15) is 0 Å². The highest BCUT2D eigenvalue weighted by molar-refractivity contribution is 6.43. The standard InChI is InChI=1S/C18H14Cl2O3/c1-10-8-13(12-4-3-5-15(19)17(12)20)14-9-11(18(21)22-2)6-7-16(14)23-10/h3-10H,1-2H3. The van der Waals surface area contributed by atoms with Gasteiger partial charge in [-0.05, 0) is 42.8 Å². The molecule has 0 fully saturated rings. The number of esters is 1. The zero-order valence-electron chi connectivity index (χ0n) is 12.6. The maximum Gasteiger partial charge on any atom is 0.337 e. The summed E-state index contributed by atoms with van der Waals surface area (Å²) in [7, 11) is 1.35. The third-order valence-corrected chi connectivity index (χ3v) is 4.47. The molecule has 118 valence electrons. The van der Waals surface area contributed by atoms with Crippen LogP contribution in [-0.2, 0) is 4.74 Å². The normalized spacial score (nSPS) is 16.2. The lowest BCUT2D eigenvalue weighted by atomic mass is 9.92. The summed E-state index contributed by atoms with van der Waals surface area (Å²) in [6.07, 6.45) is 1.84. The molecule has 2 aromatic carbocycles. The van der Waals surface area contributed by atoms with Crippen LogP contribution in [0.2, 0.25) is 10.0 Å². The molecule has 0 spiro atoms. The molecular formula is C18H14Cl2O3. The van der Waals surface area contributed by atoms with Crippen molar-refractivity contribution in [3.05, 3.63) is 69.2 Å². The summed E-state index contributed by atoms with van der Waals surface area (Å²) in [4.78, 5) is 11.8. The van der Waals surface area contributed by atoms with E-state index in [1.165, 1.54) is 7.11 Å². The number of hydrogen-bond acceptors (Lipinski definition) is 3. The first-order valence-corrected chi connectivity index (χ1v) is 7.82. The van der Waals surface area contributed by atoms with Gasteiger partial charge in [0.05, 0.1) is 22.7 Å². The van der Waals surface area contributed by atoms with Gasteiger partial charge >= 0.3 is 5.97 Å². The number of fused-ring (bicyclic) bond motifs is 1. The first kappa shape index (κ1) is 15.9. The van der Waals surface area contributed by atoms with Crippen molar-refractivity contribution in [2.24, 2.45) is 0 Å². The second-order valence-electron chi connectivity index (χ2n) is 5.21. The van der Waals surface area contributed by atoms with Crippen LogP contribution in [0, 0.1) is 0 Å². The monoisotopic (exact) mass is 348 g/mol. The van der Waals surface area contributed by atoms with Crippen molar-refractivity contribution < 1.29 is 14.3 Å². The minimum atomic E-state index is -0.400. The molecule has 0 amide bonds. The van der Waals surface area contributed by atoms with Crippen molar-refractivity contribution in [3.63, 3.8) is 0 Å². The quantitative estimate of drug-likeness (QED) is 0.717. The Morgan fingerprint density at radius 2 is 1.96 bits per heavy atom. The van der Waals surface area contributed by atoms with Gasteiger partial charge in [-0.3, -0.25) is 0 Å². The highest BCUT2D eigenvalue weighted by atomic mass is 35.5. The minimum Gasteiger partial charge on any atom is -0.486 e. The Kier molecular flexibility index (Phi) is 4.33. The van der Waals surface area contributed by atoms with Gasteiger partial charge < -0.3 is 9.47 Å². The Morgan fingerprint density at radius 3 is 2.70 bits per heavy atom. The molecule has 1 heterocycles. The Hall–Kier alpha value is -1.97. The average molecular weight is 349 g/mol. The zero-order valence-corrected chi connectivity index (χ0v) is 14.1. The Morgan fingerprint density at radius 1 is 1.17 bits per heavy atom. The fraction of sp³-hybridized carbons (Fsp3) is 0.167. The van der Waals surface area contributed by atoms with Gasteiger partial charge in [0.1, 0.15) is 11.9 Å². The number of carbonyl (C=O) groups is 1. The molecule has 23 heavy (non-hydrogen) atoms. The van der Waals surface area contributed by atoms with Crippen LogP contribution in [0.3, 0.4) is 0 Å². The van der Waals surface area contributed by atoms with Crippen molar-refractivity contribution >= 4 is 34.7 Å². The van der Waals surface area contributed by atoms with Gasteiger partial charge in [0.2, 0.25) is 0 Å². The van der Waals surface area contributed by atoms with Crippen molar-refractivity contribution in [2.45, 2.75) is 13.0 Å². The predicted octanol–water partition coefficient (Wildman–Crippen LogP) is 4.99. The van der Waals surface area contributed by atoms with Crippen LogP contribution in [0.15, 0.2) is 42.5 Å². The van der Waals surface area contributed by atoms with E-state index >= 15 is 0 Å². The molecular weight excluding hydrogens is 335 g/mol. The molecule has 0 N–H and O–H groups in total. The fourth-order valence-corrected chi connectivity index (χ4v) is 3.00. The third kappa shape index (κ3) is 2.94. The van der Waals surface area contributed by atoms with Gasteiger partial charge in [-0.15, -0.1) is 0 Å². The number of benzene rings is 2. The van der Waals surface area contributed by atoms with E-state index in [0.29, 0.717) is 21.4 Å². The average Bonchev–Trinajstić information content (AvgIpc) is 2.55. The minimum absolute atomic E-state index is 0.114. The van der Waals surface area contributed by atoms with E-state index in [2.05, 4.69) is 0 Å². The Labute approximate surface area is 144 Å². The molecule has 0 radical (unpaired) electrons. The van der Waals surface area contributed by atoms with Crippen LogP contribution in [0.5, 0.6) is 5.75 Å². The molecule has 1 atom stereocenters. The molecule has 0 aromatic heterocycles. The summed E-state index contributed by atoms with van der Waals surface area (Å²) in [5.74, 6) is 0.293. The van der Waals surface area contributed by atoms with Crippen LogP contribution in [0.25, 0.3) is 5.57 Å². The Bertz CT molecular complexity index is 812. The molecule has 3 nitrogen and oxygen atoms in total. The summed E-state index contributed by atoms with van der Waals surface area (Å²) in [5, 5.41) is 0.957. The number of carbonyl (C=O) groups excluding carboxylic acids is 1. The third-order valence-electron chi connectivity index (χ3n) is 3.65. The van der Waals surface area contributed by atoms with E-state index < -0.39 is 5.97 Å². The van der Waals surface area contributed by atoms with E-state index in [0.717, 1.165) is 16.7 Å². The number of rotatable bonds is 2. The molecule has 3 rings (SSSR count). The summed E-state index contributed by atoms with van der Waals surface area (Å²) in [6.45, 7) is 1.94. The Balaban J connectivity index is 2.19. The predicted molar refractivity (Wildman–Crippen MR) is 91.4 cm³/mol. The molecule has 1 aliphatic heterocycles. The van der Waals surface area contributed by atoms with Gasteiger partial charge in [-0.1, -0.05) is 35.3 Å². The van der Waals surface area contributed by atoms with Crippen LogP contribution >= 0.6 is 23.2 Å². The van der Waals surface area contributed by atoms with E-state index in [1.54, 1.807) is 24.3 Å². The van der Waals surface area contributed by atoms with Crippen molar-refractivity contribution in [1.29, 1.82) is 0 Å². The maximum atomic E-state index is 11.8. The van der Waals surface area contributed by atoms with E-state index in [4.69, 9.17) is 32.7 Å². The van der Waals surface area contributed by atoms with Crippen LogP contribution in [-0.4, -0.2) is 19.2 Å². The van der Waals surface area contributed by atoms with Crippen molar-refractivity contribution in [2.75, 3.05) is 7.11 Å². The van der Waals surface area contributed by atoms with E-state index in [1.807, 2.05) is 25.1 Å². The van der Waals surface area contributed by atoms with Crippen LogP contribution < -0.4 is 4.74 Å². The van der Waals surface area contributed by atoms with Gasteiger partial charge in [0, 0.05) is 11.1 Å².